The Balaban J connectivity index is 1.81. The third-order valence-corrected chi connectivity index (χ3v) is 4.44. The summed E-state index contributed by atoms with van der Waals surface area (Å²) in [6.45, 7) is 12.8. The molecule has 122 valence electrons. The number of nitrogens with one attached hydrogen (secondary N) is 2. The largest absolute Gasteiger partial charge is 0.373 e. The molecule has 0 spiro atoms. The van der Waals surface area contributed by atoms with Crippen LogP contribution in [0, 0.1) is 5.92 Å². The second-order valence-corrected chi connectivity index (χ2v) is 7.22. The van der Waals surface area contributed by atoms with E-state index in [1.54, 1.807) is 0 Å². The summed E-state index contributed by atoms with van der Waals surface area (Å²) in [6.07, 6.45) is 3.33. The van der Waals surface area contributed by atoms with Gasteiger partial charge in [0.15, 0.2) is 5.96 Å². The van der Waals surface area contributed by atoms with Crippen molar-refractivity contribution in [2.45, 2.75) is 58.3 Å². The van der Waals surface area contributed by atoms with Gasteiger partial charge in [-0.3, -0.25) is 9.89 Å². The standard InChI is InChI=1S/C16H32N4O/c1-12-9-20(10-13(2)21-12)16(3,4)11-19-15(17-5)18-8-14-6-7-14/h12-14H,6-11H2,1-5H3,(H2,17,18,19). The quantitative estimate of drug-likeness (QED) is 0.595. The maximum atomic E-state index is 5.83. The van der Waals surface area contributed by atoms with Crippen LogP contribution in [0.25, 0.3) is 0 Å². The van der Waals surface area contributed by atoms with Crippen LogP contribution in [-0.4, -0.2) is 61.8 Å². The molecule has 2 fully saturated rings. The third-order valence-electron chi connectivity index (χ3n) is 4.44. The van der Waals surface area contributed by atoms with E-state index in [0.29, 0.717) is 12.2 Å². The van der Waals surface area contributed by atoms with E-state index in [1.807, 2.05) is 7.05 Å². The molecule has 2 atom stereocenters. The summed E-state index contributed by atoms with van der Waals surface area (Å²) in [4.78, 5) is 6.84. The molecule has 2 rings (SSSR count). The molecule has 0 aromatic rings. The van der Waals surface area contributed by atoms with Crippen molar-refractivity contribution in [1.29, 1.82) is 0 Å². The Kier molecular flexibility index (Phi) is 5.49. The van der Waals surface area contributed by atoms with Gasteiger partial charge in [0.05, 0.1) is 12.2 Å². The maximum absolute atomic E-state index is 5.83. The number of nitrogens with zero attached hydrogens (tertiary/aromatic N) is 2. The van der Waals surface area contributed by atoms with Crippen LogP contribution >= 0.6 is 0 Å². The smallest absolute Gasteiger partial charge is 0.191 e. The van der Waals surface area contributed by atoms with Gasteiger partial charge in [0, 0.05) is 38.8 Å². The Morgan fingerprint density at radius 1 is 1.19 bits per heavy atom. The van der Waals surface area contributed by atoms with Gasteiger partial charge < -0.3 is 15.4 Å². The molecule has 5 heteroatoms. The Morgan fingerprint density at radius 3 is 2.33 bits per heavy atom. The minimum atomic E-state index is 0.0868. The predicted molar refractivity (Wildman–Crippen MR) is 87.7 cm³/mol. The van der Waals surface area contributed by atoms with E-state index in [2.05, 4.69) is 48.2 Å². The van der Waals surface area contributed by atoms with Crippen molar-refractivity contribution in [1.82, 2.24) is 15.5 Å². The second-order valence-electron chi connectivity index (χ2n) is 7.22. The minimum Gasteiger partial charge on any atom is -0.373 e. The SMILES string of the molecule is CN=C(NCC1CC1)NCC(C)(C)N1CC(C)OC(C)C1. The second kappa shape index (κ2) is 6.97. The maximum Gasteiger partial charge on any atom is 0.191 e. The van der Waals surface area contributed by atoms with Gasteiger partial charge in [-0.25, -0.2) is 0 Å². The van der Waals surface area contributed by atoms with E-state index in [0.717, 1.165) is 38.1 Å². The van der Waals surface area contributed by atoms with Gasteiger partial charge in [0.25, 0.3) is 0 Å². The summed E-state index contributed by atoms with van der Waals surface area (Å²) in [7, 11) is 1.84. The highest BCUT2D eigenvalue weighted by Crippen LogP contribution is 2.27. The van der Waals surface area contributed by atoms with Crippen LogP contribution in [-0.2, 0) is 4.74 Å². The fraction of sp³-hybridized carbons (Fsp3) is 0.938. The van der Waals surface area contributed by atoms with E-state index in [-0.39, 0.29) is 5.54 Å². The molecule has 5 nitrogen and oxygen atoms in total. The normalized spacial score (nSPS) is 28.5. The molecule has 2 N–H and O–H groups in total. The molecule has 0 aromatic heterocycles. The van der Waals surface area contributed by atoms with Gasteiger partial charge >= 0.3 is 0 Å². The molecule has 0 radical (unpaired) electrons. The molecule has 1 aliphatic heterocycles. The molecule has 21 heavy (non-hydrogen) atoms. The number of aliphatic imine (C=N–C) groups is 1. The Labute approximate surface area is 129 Å². The van der Waals surface area contributed by atoms with Gasteiger partial charge in [0.2, 0.25) is 0 Å². The zero-order chi connectivity index (χ0) is 15.5. The lowest BCUT2D eigenvalue weighted by molar-refractivity contribution is -0.0946. The molecule has 1 heterocycles. The van der Waals surface area contributed by atoms with Crippen molar-refractivity contribution in [2.24, 2.45) is 10.9 Å². The lowest BCUT2D eigenvalue weighted by Gasteiger charge is -2.45. The minimum absolute atomic E-state index is 0.0868. The molecule has 1 saturated carbocycles. The van der Waals surface area contributed by atoms with Crippen molar-refractivity contribution >= 4 is 5.96 Å². The van der Waals surface area contributed by atoms with Crippen molar-refractivity contribution < 1.29 is 4.74 Å². The first-order chi connectivity index (χ1) is 9.90. The third kappa shape index (κ3) is 5.15. The number of morpholine rings is 1. The molecular weight excluding hydrogens is 264 g/mol. The number of hydrogen-bond donors (Lipinski definition) is 2. The summed E-state index contributed by atoms with van der Waals surface area (Å²) in [5, 5.41) is 6.90. The number of hydrogen-bond acceptors (Lipinski definition) is 3. The topological polar surface area (TPSA) is 48.9 Å². The monoisotopic (exact) mass is 296 g/mol. The van der Waals surface area contributed by atoms with E-state index < -0.39 is 0 Å². The van der Waals surface area contributed by atoms with Crippen LogP contribution in [0.1, 0.15) is 40.5 Å². The Hall–Kier alpha value is -0.810. The van der Waals surface area contributed by atoms with Crippen LogP contribution in [0.2, 0.25) is 0 Å². The van der Waals surface area contributed by atoms with Gasteiger partial charge in [-0.05, 0) is 46.5 Å². The van der Waals surface area contributed by atoms with Crippen molar-refractivity contribution in [2.75, 3.05) is 33.2 Å². The molecule has 2 aliphatic rings. The molecule has 0 bridgehead atoms. The predicted octanol–water partition coefficient (Wildman–Crippen LogP) is 1.45. The van der Waals surface area contributed by atoms with E-state index in [4.69, 9.17) is 4.74 Å². The fourth-order valence-electron chi connectivity index (χ4n) is 2.87. The van der Waals surface area contributed by atoms with Crippen molar-refractivity contribution in [3.63, 3.8) is 0 Å². The zero-order valence-corrected chi connectivity index (χ0v) is 14.3. The van der Waals surface area contributed by atoms with Gasteiger partial charge in [0.1, 0.15) is 0 Å². The molecule has 2 unspecified atom stereocenters. The number of guanidine groups is 1. The first-order valence-corrected chi connectivity index (χ1v) is 8.25. The summed E-state index contributed by atoms with van der Waals surface area (Å²) in [6, 6.07) is 0. The van der Waals surface area contributed by atoms with E-state index >= 15 is 0 Å². The highest BCUT2D eigenvalue weighted by Gasteiger charge is 2.33. The summed E-state index contributed by atoms with van der Waals surface area (Å²) < 4.78 is 5.83. The molecule has 0 aromatic carbocycles. The summed E-state index contributed by atoms with van der Waals surface area (Å²) in [5.74, 6) is 1.78. The number of ether oxygens (including phenoxy) is 1. The number of rotatable bonds is 5. The Morgan fingerprint density at radius 2 is 1.81 bits per heavy atom. The fourth-order valence-corrected chi connectivity index (χ4v) is 2.87. The van der Waals surface area contributed by atoms with Crippen molar-refractivity contribution in [3.8, 4) is 0 Å². The van der Waals surface area contributed by atoms with Gasteiger partial charge in [-0.2, -0.15) is 0 Å². The highest BCUT2D eigenvalue weighted by atomic mass is 16.5. The molecule has 1 saturated heterocycles. The van der Waals surface area contributed by atoms with Crippen LogP contribution in [0.3, 0.4) is 0 Å². The van der Waals surface area contributed by atoms with Crippen LogP contribution < -0.4 is 10.6 Å². The lowest BCUT2D eigenvalue weighted by atomic mass is 10.00. The molecule has 0 amide bonds. The average Bonchev–Trinajstić information content (AvgIpc) is 3.22. The van der Waals surface area contributed by atoms with E-state index in [9.17, 15) is 0 Å². The first kappa shape index (κ1) is 16.6. The van der Waals surface area contributed by atoms with Crippen molar-refractivity contribution in [3.05, 3.63) is 0 Å². The summed E-state index contributed by atoms with van der Waals surface area (Å²) in [5.41, 5.74) is 0.0868. The van der Waals surface area contributed by atoms with Crippen LogP contribution in [0.4, 0.5) is 0 Å². The molecular formula is C16H32N4O. The lowest BCUT2D eigenvalue weighted by Crippen LogP contribution is -2.59. The van der Waals surface area contributed by atoms with Crippen LogP contribution in [0.5, 0.6) is 0 Å². The first-order valence-electron chi connectivity index (χ1n) is 8.25. The van der Waals surface area contributed by atoms with Gasteiger partial charge in [-0.1, -0.05) is 0 Å². The average molecular weight is 296 g/mol. The van der Waals surface area contributed by atoms with E-state index in [1.165, 1.54) is 12.8 Å². The Bertz CT molecular complexity index is 355. The molecule has 1 aliphatic carbocycles. The van der Waals surface area contributed by atoms with Gasteiger partial charge in [-0.15, -0.1) is 0 Å². The zero-order valence-electron chi connectivity index (χ0n) is 14.3. The summed E-state index contributed by atoms with van der Waals surface area (Å²) >= 11 is 0. The van der Waals surface area contributed by atoms with Crippen LogP contribution in [0.15, 0.2) is 4.99 Å². The highest BCUT2D eigenvalue weighted by molar-refractivity contribution is 5.79.